The number of urea groups is 1. The molecule has 3 heterocycles. The van der Waals surface area contributed by atoms with Crippen LogP contribution in [0.25, 0.3) is 0 Å². The van der Waals surface area contributed by atoms with Crippen molar-refractivity contribution < 1.29 is 76.7 Å². The second-order valence-electron chi connectivity index (χ2n) is 24.6. The summed E-state index contributed by atoms with van der Waals surface area (Å²) in [5.41, 5.74) is 4.97. The Morgan fingerprint density at radius 3 is 2.27 bits per heavy atom. The molecule has 2 saturated heterocycles. The van der Waals surface area contributed by atoms with Crippen LogP contribution in [-0.2, 0) is 70.1 Å². The molecule has 0 spiro atoms. The summed E-state index contributed by atoms with van der Waals surface area (Å²) in [5, 5.41) is 17.6. The number of epoxide rings is 1. The van der Waals surface area contributed by atoms with Crippen LogP contribution in [0.3, 0.4) is 0 Å². The number of ether oxygens (including phenoxy) is 6. The predicted molar refractivity (Wildman–Crippen MR) is 331 cm³/mol. The molecule has 0 aromatic heterocycles. The summed E-state index contributed by atoms with van der Waals surface area (Å²) in [6, 6.07) is 6.78. The number of nitrogens with one attached hydrogen (secondary N) is 2. The van der Waals surface area contributed by atoms with Gasteiger partial charge in [0.1, 0.15) is 52.1 Å². The Hall–Kier alpha value is -6.68. The number of benzene rings is 2. The van der Waals surface area contributed by atoms with Gasteiger partial charge in [0.15, 0.2) is 5.78 Å². The van der Waals surface area contributed by atoms with Crippen molar-refractivity contribution in [3.05, 3.63) is 81.9 Å². The van der Waals surface area contributed by atoms with E-state index in [-0.39, 0.29) is 91.1 Å². The lowest BCUT2D eigenvalue weighted by molar-refractivity contribution is -0.187. The number of ketones is 2. The minimum Gasteiger partial charge on any atom is -0.495 e. The smallest absolute Gasteiger partial charge is 0.328 e. The number of likely N-dealkylation sites (N-methyl/N-ethyl adjacent to an activating group) is 1. The number of hydrogen-bond acceptors (Lipinski definition) is 16. The van der Waals surface area contributed by atoms with Gasteiger partial charge in [-0.2, -0.15) is 0 Å². The first kappa shape index (κ1) is 72.1. The number of anilines is 1. The maximum Gasteiger partial charge on any atom is 0.328 e. The number of primary amides is 1. The molecule has 0 saturated carbocycles. The molecule has 5 rings (SSSR count). The van der Waals surface area contributed by atoms with Crippen molar-refractivity contribution in [3.8, 4) is 5.75 Å². The third kappa shape index (κ3) is 19.4. The van der Waals surface area contributed by atoms with Crippen LogP contribution in [0.4, 0.5) is 10.5 Å². The molecule has 21 nitrogen and oxygen atoms in total. The van der Waals surface area contributed by atoms with Gasteiger partial charge in [-0.15, -0.1) is 0 Å². The van der Waals surface area contributed by atoms with Gasteiger partial charge in [-0.05, 0) is 120 Å². The minimum atomic E-state index is -1.66. The van der Waals surface area contributed by atoms with Crippen LogP contribution in [0.15, 0.2) is 60.2 Å². The fourth-order valence-electron chi connectivity index (χ4n) is 11.5. The van der Waals surface area contributed by atoms with Crippen LogP contribution in [0.2, 0.25) is 5.02 Å². The highest BCUT2D eigenvalue weighted by Gasteiger charge is 2.64. The average Bonchev–Trinajstić information content (AvgIpc) is 1.77. The van der Waals surface area contributed by atoms with E-state index in [0.29, 0.717) is 61.9 Å². The molecule has 3 aliphatic rings. The first-order valence-corrected chi connectivity index (χ1v) is 31.1. The lowest BCUT2D eigenvalue weighted by atomic mass is 9.78. The van der Waals surface area contributed by atoms with E-state index >= 15 is 0 Å². The quantitative estimate of drug-likeness (QED) is 0.0283. The molecule has 0 aliphatic carbocycles. The van der Waals surface area contributed by atoms with E-state index in [0.717, 1.165) is 11.1 Å². The number of allylic oxidation sites excluding steroid dienone is 3. The maximum atomic E-state index is 14.5. The van der Waals surface area contributed by atoms with Gasteiger partial charge in [-0.25, -0.2) is 9.59 Å². The highest BCUT2D eigenvalue weighted by Crippen LogP contribution is 2.50. The fraction of sp³-hybridized carbons (Fsp3) is 0.621. The van der Waals surface area contributed by atoms with Crippen molar-refractivity contribution in [2.24, 2.45) is 29.4 Å². The van der Waals surface area contributed by atoms with Crippen LogP contribution in [0.1, 0.15) is 161 Å². The number of nitrogens with zero attached hydrogens (tertiary/aromatic N) is 2. The number of halogens is 1. The lowest BCUT2D eigenvalue weighted by Gasteiger charge is -2.41. The van der Waals surface area contributed by atoms with E-state index in [1.54, 1.807) is 57.3 Å². The molecule has 22 heteroatoms. The van der Waals surface area contributed by atoms with Gasteiger partial charge in [0, 0.05) is 70.8 Å². The molecule has 3 aliphatic heterocycles. The standard InChI is InChI=1S/C66H94ClN5O16/c1-14-45(15-2)63(80)85-40(6)21-16-17-22-47(73)34-48(38(3)4)60(77)70-49(23-19-29-69-64(68)81)51(74)32-43-25-27-46(28-26-43)61(78)71(10)42(8)62(79)87-55-35-56(75)72(11)50-31-44(33-52(83-12)58(50)67)30-39(5)20-18-24-54(84-13)66(82)36-53(86-57(76)37-66)41(7)59-65(55,9)88-59/h18,20,24-28,31,33,38,40-42,45,48-49,53-55,59,82H,14-17,19,21-23,29-30,32,34-37H2,1-13H3,(H,70,77)(H3,68,69,81)/b24-18+,39-20+/t40?,41-,42+,48+,49+,53+,54-,55+,59+,65+,66-/m1/s1. The summed E-state index contributed by atoms with van der Waals surface area (Å²) in [5.74, 6) is -5.07. The van der Waals surface area contributed by atoms with Gasteiger partial charge in [0.2, 0.25) is 11.8 Å². The molecule has 0 radical (unpaired) electrons. The number of amides is 5. The van der Waals surface area contributed by atoms with Crippen LogP contribution < -0.4 is 26.0 Å². The Labute approximate surface area is 523 Å². The molecule has 4 bridgehead atoms. The average molecular weight is 1250 g/mol. The Morgan fingerprint density at radius 2 is 1.65 bits per heavy atom. The summed E-state index contributed by atoms with van der Waals surface area (Å²) >= 11 is 6.86. The first-order valence-electron chi connectivity index (χ1n) is 30.7. The molecule has 2 aromatic rings. The summed E-state index contributed by atoms with van der Waals surface area (Å²) < 4.78 is 35.4. The zero-order valence-corrected chi connectivity index (χ0v) is 54.3. The SMILES string of the molecule is CCC(CC)C(=O)OC(C)CCCCC(=O)C[C@H](C(=O)N[C@@H](CCCNC(N)=O)C(=O)Cc1ccc(C(=O)N(C)[C@@H](C)C(=O)O[C@H]2CC(=O)N(C)c3cc(cc(OC)c3Cl)C/C(C)=C/C=C/[C@@H](OC)[C@]3(O)CC(=O)O[C@@H](C3)[C@@H](C)[C@@H]3O[C@@]23C)cc1)C(C)C. The number of aliphatic hydroxyl groups is 1. The van der Waals surface area contributed by atoms with Crippen molar-refractivity contribution in [2.45, 2.75) is 206 Å². The molecule has 11 atom stereocenters. The van der Waals surface area contributed by atoms with E-state index in [9.17, 15) is 48.3 Å². The molecule has 5 N–H and O–H groups in total. The van der Waals surface area contributed by atoms with Crippen molar-refractivity contribution in [3.63, 3.8) is 0 Å². The van der Waals surface area contributed by atoms with Gasteiger partial charge in [0.05, 0.1) is 49.8 Å². The molecule has 88 heavy (non-hydrogen) atoms. The summed E-state index contributed by atoms with van der Waals surface area (Å²) in [4.78, 5) is 124. The zero-order valence-electron chi connectivity index (χ0n) is 53.6. The van der Waals surface area contributed by atoms with Crippen LogP contribution >= 0.6 is 11.6 Å². The number of rotatable bonds is 27. The van der Waals surface area contributed by atoms with Crippen LogP contribution in [0, 0.1) is 23.7 Å². The highest BCUT2D eigenvalue weighted by atomic mass is 35.5. The number of methoxy groups -OCH3 is 2. The van der Waals surface area contributed by atoms with Crippen molar-refractivity contribution in [2.75, 3.05) is 39.8 Å². The molecular weight excluding hydrogens is 1150 g/mol. The van der Waals surface area contributed by atoms with Crippen LogP contribution in [-0.4, -0.2) is 152 Å². The maximum absolute atomic E-state index is 14.5. The van der Waals surface area contributed by atoms with E-state index in [2.05, 4.69) is 10.6 Å². The predicted octanol–water partition coefficient (Wildman–Crippen LogP) is 8.28. The number of carbonyl (C=O) groups excluding carboxylic acids is 9. The number of Topliss-reactive ketones (excluding diaryl/α,β-unsaturated/α-hetero) is 2. The van der Waals surface area contributed by atoms with E-state index < -0.39 is 102 Å². The van der Waals surface area contributed by atoms with E-state index in [4.69, 9.17) is 45.8 Å². The number of esters is 3. The Morgan fingerprint density at radius 1 is 0.966 bits per heavy atom. The number of carbonyl (C=O) groups is 9. The number of unbranched alkanes of at least 4 members (excludes halogenated alkanes) is 1. The van der Waals surface area contributed by atoms with Crippen molar-refractivity contribution in [1.29, 1.82) is 0 Å². The molecule has 486 valence electrons. The van der Waals surface area contributed by atoms with Gasteiger partial charge in [-0.3, -0.25) is 33.6 Å². The molecular formula is C66H94ClN5O16. The highest BCUT2D eigenvalue weighted by molar-refractivity contribution is 6.35. The largest absolute Gasteiger partial charge is 0.495 e. The second-order valence-corrected chi connectivity index (χ2v) is 24.9. The topological polar surface area (TPSA) is 289 Å². The number of fused-ring (bicyclic) bond motifs is 5. The summed E-state index contributed by atoms with van der Waals surface area (Å²) in [7, 11) is 5.88. The van der Waals surface area contributed by atoms with Crippen molar-refractivity contribution >= 4 is 70.5 Å². The lowest BCUT2D eigenvalue weighted by Crippen LogP contribution is -2.53. The fourth-order valence-corrected chi connectivity index (χ4v) is 11.9. The normalized spacial score (nSPS) is 24.5. The molecule has 5 amide bonds. The van der Waals surface area contributed by atoms with Gasteiger partial charge >= 0.3 is 23.9 Å². The van der Waals surface area contributed by atoms with Gasteiger partial charge in [-0.1, -0.05) is 82.2 Å². The molecule has 1 unspecified atom stereocenters. The number of hydrogen-bond donors (Lipinski definition) is 4. The summed E-state index contributed by atoms with van der Waals surface area (Å²) in [6.45, 7) is 16.4. The Balaban J connectivity index is 1.30. The van der Waals surface area contributed by atoms with Crippen molar-refractivity contribution in [1.82, 2.24) is 15.5 Å². The first-order chi connectivity index (χ1) is 41.5. The zero-order chi connectivity index (χ0) is 65.4. The third-order valence-corrected chi connectivity index (χ3v) is 17.9. The summed E-state index contributed by atoms with van der Waals surface area (Å²) in [6.07, 6.45) is 4.65. The van der Waals surface area contributed by atoms with Gasteiger partial charge in [0.25, 0.3) is 5.91 Å². The molecule has 2 aromatic carbocycles. The van der Waals surface area contributed by atoms with E-state index in [1.165, 1.54) is 50.1 Å². The molecule has 2 fully saturated rings. The third-order valence-electron chi connectivity index (χ3n) is 17.5. The second kappa shape index (κ2) is 32.7. The monoisotopic (exact) mass is 1250 g/mol. The Kier molecular flexibility index (Phi) is 26.8. The van der Waals surface area contributed by atoms with Gasteiger partial charge < -0.3 is 59.7 Å². The minimum absolute atomic E-state index is 0.0113. The van der Waals surface area contributed by atoms with E-state index in [1.807, 2.05) is 47.6 Å². The Bertz CT molecular complexity index is 2870. The van der Waals surface area contributed by atoms with Crippen LogP contribution in [0.5, 0.6) is 5.75 Å². The number of nitrogens with two attached hydrogens (primary N) is 1.